The van der Waals surface area contributed by atoms with E-state index < -0.39 is 46.3 Å². The molecule has 3 amide bonds. The van der Waals surface area contributed by atoms with Gasteiger partial charge >= 0.3 is 5.97 Å². The van der Waals surface area contributed by atoms with Gasteiger partial charge in [0.05, 0.1) is 0 Å². The summed E-state index contributed by atoms with van der Waals surface area (Å²) in [5.41, 5.74) is 3.85. The SMILES string of the molecule is CCC(=O)N[C@@H](CCc1ccccc1)C(=O)N[C@@H](C)C(=O)N1CCC[C@@H](C(=O)OCC(Cl)(Cl)Cl)N1. The molecule has 0 spiro atoms. The molecule has 1 fully saturated rings. The van der Waals surface area contributed by atoms with Crippen molar-refractivity contribution in [1.29, 1.82) is 0 Å². The molecule has 194 valence electrons. The standard InChI is InChI=1S/C23H31Cl3N4O5/c1-3-19(31)28-17(12-11-16-8-5-4-6-9-16)20(32)27-15(2)21(33)30-13-7-10-18(29-30)22(34)35-14-23(24,25)26/h4-6,8-9,15,17-18,29H,3,7,10-14H2,1-2H3,(H,27,32)(H,28,31)/t15-,17-,18-/m0/s1. The van der Waals surface area contributed by atoms with E-state index in [9.17, 15) is 19.2 Å². The number of ether oxygens (including phenoxy) is 1. The number of benzene rings is 1. The Labute approximate surface area is 220 Å². The molecule has 9 nitrogen and oxygen atoms in total. The van der Waals surface area contributed by atoms with E-state index in [-0.39, 0.29) is 12.3 Å². The smallest absolute Gasteiger partial charge is 0.325 e. The fraction of sp³-hybridized carbons (Fsp3) is 0.565. The maximum Gasteiger partial charge on any atom is 0.325 e. The molecule has 0 bridgehead atoms. The number of esters is 1. The van der Waals surface area contributed by atoms with Crippen LogP contribution in [0.2, 0.25) is 0 Å². The van der Waals surface area contributed by atoms with E-state index >= 15 is 0 Å². The van der Waals surface area contributed by atoms with Gasteiger partial charge < -0.3 is 15.4 Å². The molecule has 1 aromatic rings. The van der Waals surface area contributed by atoms with Crippen molar-refractivity contribution in [2.24, 2.45) is 0 Å². The van der Waals surface area contributed by atoms with Crippen LogP contribution in [-0.4, -0.2) is 63.8 Å². The fourth-order valence-corrected chi connectivity index (χ4v) is 3.66. The Hall–Kier alpha value is -2.07. The first-order chi connectivity index (χ1) is 16.5. The molecule has 0 aromatic heterocycles. The summed E-state index contributed by atoms with van der Waals surface area (Å²) >= 11 is 16.8. The number of hydrogen-bond acceptors (Lipinski definition) is 6. The predicted octanol–water partition coefficient (Wildman–Crippen LogP) is 2.43. The van der Waals surface area contributed by atoms with Crippen LogP contribution in [0, 0.1) is 0 Å². The number of hydrogen-bond donors (Lipinski definition) is 3. The Kier molecular flexibility index (Phi) is 11.6. The lowest BCUT2D eigenvalue weighted by atomic mass is 10.0. The topological polar surface area (TPSA) is 117 Å². The number of amides is 3. The van der Waals surface area contributed by atoms with Crippen molar-refractivity contribution in [2.45, 2.75) is 67.9 Å². The Bertz CT molecular complexity index is 882. The van der Waals surface area contributed by atoms with Gasteiger partial charge in [-0.05, 0) is 38.2 Å². The number of carbonyl (C=O) groups is 4. The molecule has 0 unspecified atom stereocenters. The zero-order chi connectivity index (χ0) is 26.0. The number of nitrogens with one attached hydrogen (secondary N) is 3. The maximum atomic E-state index is 12.9. The lowest BCUT2D eigenvalue weighted by Gasteiger charge is -2.34. The van der Waals surface area contributed by atoms with Crippen molar-refractivity contribution in [3.63, 3.8) is 0 Å². The number of aryl methyl sites for hydroxylation is 1. The van der Waals surface area contributed by atoms with Crippen molar-refractivity contribution in [2.75, 3.05) is 13.2 Å². The van der Waals surface area contributed by atoms with Crippen LogP contribution in [-0.2, 0) is 30.3 Å². The lowest BCUT2D eigenvalue weighted by molar-refractivity contribution is -0.152. The second-order valence-electron chi connectivity index (χ2n) is 8.26. The second-order valence-corrected chi connectivity index (χ2v) is 10.8. The fourth-order valence-electron chi connectivity index (χ4n) is 3.50. The van der Waals surface area contributed by atoms with Gasteiger partial charge in [0.2, 0.25) is 15.6 Å². The van der Waals surface area contributed by atoms with Crippen molar-refractivity contribution in [1.82, 2.24) is 21.1 Å². The molecule has 0 saturated carbocycles. The molecule has 3 atom stereocenters. The van der Waals surface area contributed by atoms with E-state index in [0.29, 0.717) is 32.2 Å². The molecule has 1 aliphatic rings. The van der Waals surface area contributed by atoms with Gasteiger partial charge in [0.1, 0.15) is 24.7 Å². The minimum Gasteiger partial charge on any atom is -0.460 e. The zero-order valence-corrected chi connectivity index (χ0v) is 22.0. The van der Waals surface area contributed by atoms with E-state index in [2.05, 4.69) is 16.1 Å². The van der Waals surface area contributed by atoms with Crippen LogP contribution in [0.15, 0.2) is 30.3 Å². The quantitative estimate of drug-likeness (QED) is 0.305. The molecule has 1 saturated heterocycles. The highest BCUT2D eigenvalue weighted by Crippen LogP contribution is 2.26. The predicted molar refractivity (Wildman–Crippen MR) is 134 cm³/mol. The van der Waals surface area contributed by atoms with Gasteiger partial charge in [-0.1, -0.05) is 72.1 Å². The summed E-state index contributed by atoms with van der Waals surface area (Å²) in [6.45, 7) is 3.17. The van der Waals surface area contributed by atoms with E-state index in [0.717, 1.165) is 5.56 Å². The van der Waals surface area contributed by atoms with Crippen LogP contribution >= 0.6 is 34.8 Å². The molecular weight excluding hydrogens is 519 g/mol. The maximum absolute atomic E-state index is 12.9. The molecule has 1 aromatic carbocycles. The number of carbonyl (C=O) groups excluding carboxylic acids is 4. The average Bonchev–Trinajstić information content (AvgIpc) is 2.84. The third kappa shape index (κ3) is 10.2. The Balaban J connectivity index is 1.95. The third-order valence-corrected chi connectivity index (χ3v) is 5.71. The minimum atomic E-state index is -1.73. The largest absolute Gasteiger partial charge is 0.460 e. The summed E-state index contributed by atoms with van der Waals surface area (Å²) in [5, 5.41) is 6.68. The van der Waals surface area contributed by atoms with Gasteiger partial charge in [-0.25, -0.2) is 5.43 Å². The van der Waals surface area contributed by atoms with Crippen LogP contribution < -0.4 is 16.1 Å². The van der Waals surface area contributed by atoms with Crippen LogP contribution in [0.5, 0.6) is 0 Å². The number of hydrazine groups is 1. The first-order valence-corrected chi connectivity index (χ1v) is 12.6. The summed E-state index contributed by atoms with van der Waals surface area (Å²) in [4.78, 5) is 50.1. The number of alkyl halides is 3. The minimum absolute atomic E-state index is 0.233. The summed E-state index contributed by atoms with van der Waals surface area (Å²) in [7, 11) is 0. The van der Waals surface area contributed by atoms with Crippen LogP contribution in [0.4, 0.5) is 0 Å². The summed E-state index contributed by atoms with van der Waals surface area (Å²) in [6, 6.07) is 7.12. The molecule has 3 N–H and O–H groups in total. The molecule has 2 rings (SSSR count). The van der Waals surface area contributed by atoms with Gasteiger partial charge in [-0.2, -0.15) is 0 Å². The first-order valence-electron chi connectivity index (χ1n) is 11.4. The number of nitrogens with zero attached hydrogens (tertiary/aromatic N) is 1. The first kappa shape index (κ1) is 29.2. The van der Waals surface area contributed by atoms with Crippen molar-refractivity contribution < 1.29 is 23.9 Å². The molecular formula is C23H31Cl3N4O5. The van der Waals surface area contributed by atoms with Crippen molar-refractivity contribution in [3.05, 3.63) is 35.9 Å². The number of halogens is 3. The molecule has 12 heteroatoms. The van der Waals surface area contributed by atoms with Gasteiger partial charge in [0.25, 0.3) is 5.91 Å². The van der Waals surface area contributed by atoms with E-state index in [1.165, 1.54) is 5.01 Å². The second kappa shape index (κ2) is 13.9. The molecule has 0 radical (unpaired) electrons. The van der Waals surface area contributed by atoms with Crippen LogP contribution in [0.1, 0.15) is 45.1 Å². The highest BCUT2D eigenvalue weighted by Gasteiger charge is 2.33. The van der Waals surface area contributed by atoms with E-state index in [1.54, 1.807) is 13.8 Å². The van der Waals surface area contributed by atoms with Crippen LogP contribution in [0.25, 0.3) is 0 Å². The average molecular weight is 550 g/mol. The monoisotopic (exact) mass is 548 g/mol. The third-order valence-electron chi connectivity index (χ3n) is 5.38. The summed E-state index contributed by atoms with van der Waals surface area (Å²) in [6.07, 6.45) is 2.17. The molecule has 1 heterocycles. The normalized spacial score (nSPS) is 17.7. The summed E-state index contributed by atoms with van der Waals surface area (Å²) in [5.74, 6) is -1.79. The molecule has 35 heavy (non-hydrogen) atoms. The van der Waals surface area contributed by atoms with E-state index in [4.69, 9.17) is 39.5 Å². The van der Waals surface area contributed by atoms with E-state index in [1.807, 2.05) is 30.3 Å². The Morgan fingerprint density at radius 3 is 2.49 bits per heavy atom. The number of rotatable bonds is 10. The van der Waals surface area contributed by atoms with Crippen LogP contribution in [0.3, 0.4) is 0 Å². The summed E-state index contributed by atoms with van der Waals surface area (Å²) < 4.78 is 3.26. The van der Waals surface area contributed by atoms with Gasteiger partial charge in [0.15, 0.2) is 0 Å². The Morgan fingerprint density at radius 2 is 1.86 bits per heavy atom. The molecule has 1 aliphatic heterocycles. The van der Waals surface area contributed by atoms with Gasteiger partial charge in [0, 0.05) is 13.0 Å². The zero-order valence-electron chi connectivity index (χ0n) is 19.7. The van der Waals surface area contributed by atoms with Gasteiger partial charge in [-0.15, -0.1) is 0 Å². The van der Waals surface area contributed by atoms with Crippen molar-refractivity contribution >= 4 is 58.5 Å². The highest BCUT2D eigenvalue weighted by atomic mass is 35.6. The Morgan fingerprint density at radius 1 is 1.17 bits per heavy atom. The molecule has 0 aliphatic carbocycles. The highest BCUT2D eigenvalue weighted by molar-refractivity contribution is 6.67. The van der Waals surface area contributed by atoms with Gasteiger partial charge in [-0.3, -0.25) is 24.2 Å². The van der Waals surface area contributed by atoms with Crippen molar-refractivity contribution in [3.8, 4) is 0 Å². The lowest BCUT2D eigenvalue weighted by Crippen LogP contribution is -2.60.